The predicted molar refractivity (Wildman–Crippen MR) is 91.7 cm³/mol. The molecule has 1 atom stereocenters. The molecule has 0 spiro atoms. The van der Waals surface area contributed by atoms with Crippen molar-refractivity contribution < 1.29 is 13.6 Å². The van der Waals surface area contributed by atoms with Crippen molar-refractivity contribution in [3.8, 4) is 0 Å². The van der Waals surface area contributed by atoms with E-state index in [9.17, 15) is 9.18 Å². The van der Waals surface area contributed by atoms with Crippen LogP contribution in [0, 0.1) is 5.82 Å². The van der Waals surface area contributed by atoms with Crippen molar-refractivity contribution in [3.63, 3.8) is 0 Å². The van der Waals surface area contributed by atoms with E-state index in [2.05, 4.69) is 16.5 Å². The molecule has 0 N–H and O–H groups in total. The zero-order chi connectivity index (χ0) is 17.4. The van der Waals surface area contributed by atoms with E-state index >= 15 is 0 Å². The van der Waals surface area contributed by atoms with Crippen molar-refractivity contribution in [1.29, 1.82) is 0 Å². The molecule has 3 heterocycles. The molecule has 1 fully saturated rings. The third-order valence-corrected chi connectivity index (χ3v) is 4.94. The monoisotopic (exact) mass is 341 g/mol. The van der Waals surface area contributed by atoms with Gasteiger partial charge >= 0.3 is 0 Å². The van der Waals surface area contributed by atoms with Crippen molar-refractivity contribution in [1.82, 2.24) is 14.5 Å². The van der Waals surface area contributed by atoms with E-state index in [0.717, 1.165) is 31.5 Å². The summed E-state index contributed by atoms with van der Waals surface area (Å²) in [6.45, 7) is 3.51. The molecule has 1 aliphatic rings. The van der Waals surface area contributed by atoms with Gasteiger partial charge in [0.15, 0.2) is 0 Å². The number of likely N-dealkylation sites (tertiary alicyclic amines) is 1. The molecule has 1 unspecified atom stereocenters. The van der Waals surface area contributed by atoms with Gasteiger partial charge in [0.1, 0.15) is 11.4 Å². The summed E-state index contributed by atoms with van der Waals surface area (Å²) in [5.74, 6) is -0.614. The minimum atomic E-state index is -0.426. The number of carbonyl (C=O) groups excluding carboxylic acids is 1. The molecule has 25 heavy (non-hydrogen) atoms. The maximum absolute atomic E-state index is 14.0. The summed E-state index contributed by atoms with van der Waals surface area (Å²) in [5.41, 5.74) is 1.76. The second-order valence-corrected chi connectivity index (χ2v) is 6.41. The molecule has 1 aliphatic heterocycles. The van der Waals surface area contributed by atoms with Crippen LogP contribution in [0.1, 0.15) is 48.3 Å². The number of piperidine rings is 1. The molecule has 0 saturated carbocycles. The summed E-state index contributed by atoms with van der Waals surface area (Å²) in [4.78, 5) is 19.3. The summed E-state index contributed by atoms with van der Waals surface area (Å²) >= 11 is 0. The summed E-state index contributed by atoms with van der Waals surface area (Å²) in [7, 11) is 0. The topological polar surface area (TPSA) is 51.3 Å². The number of aryl methyl sites for hydroxylation is 1. The van der Waals surface area contributed by atoms with Gasteiger partial charge in [-0.1, -0.05) is 0 Å². The molecule has 4 rings (SSSR count). The van der Waals surface area contributed by atoms with Gasteiger partial charge < -0.3 is 13.9 Å². The molecule has 130 valence electrons. The van der Waals surface area contributed by atoms with Gasteiger partial charge in [-0.3, -0.25) is 4.79 Å². The number of hydrogen-bond acceptors (Lipinski definition) is 3. The van der Waals surface area contributed by atoms with Crippen LogP contribution in [0.3, 0.4) is 0 Å². The van der Waals surface area contributed by atoms with Crippen molar-refractivity contribution in [2.45, 2.75) is 38.8 Å². The number of furan rings is 1. The summed E-state index contributed by atoms with van der Waals surface area (Å²) in [5, 5.41) is 0.607. The van der Waals surface area contributed by atoms with Crippen molar-refractivity contribution in [3.05, 3.63) is 54.1 Å². The minimum Gasteiger partial charge on any atom is -0.464 e. The van der Waals surface area contributed by atoms with Crippen LogP contribution in [0.5, 0.6) is 0 Å². The lowest BCUT2D eigenvalue weighted by atomic mass is 9.98. The van der Waals surface area contributed by atoms with E-state index < -0.39 is 5.82 Å². The van der Waals surface area contributed by atoms with Gasteiger partial charge in [0.2, 0.25) is 0 Å². The number of nitrogens with zero attached hydrogens (tertiary/aromatic N) is 3. The first kappa shape index (κ1) is 15.9. The Morgan fingerprint density at radius 1 is 1.40 bits per heavy atom. The fourth-order valence-corrected chi connectivity index (χ4v) is 3.71. The summed E-state index contributed by atoms with van der Waals surface area (Å²) < 4.78 is 21.5. The molecular weight excluding hydrogens is 321 g/mol. The van der Waals surface area contributed by atoms with E-state index in [1.165, 1.54) is 18.4 Å². The van der Waals surface area contributed by atoms with Gasteiger partial charge in [0.25, 0.3) is 5.91 Å². The average Bonchev–Trinajstić information content (AvgIpc) is 3.29. The number of rotatable bonds is 3. The van der Waals surface area contributed by atoms with Crippen LogP contribution in [0.15, 0.2) is 41.4 Å². The van der Waals surface area contributed by atoms with E-state index in [4.69, 9.17) is 4.42 Å². The van der Waals surface area contributed by atoms with Gasteiger partial charge in [-0.2, -0.15) is 0 Å². The number of aromatic nitrogens is 2. The summed E-state index contributed by atoms with van der Waals surface area (Å²) in [6.07, 6.45) is 7.99. The highest BCUT2D eigenvalue weighted by Crippen LogP contribution is 2.33. The lowest BCUT2D eigenvalue weighted by Gasteiger charge is -2.36. The van der Waals surface area contributed by atoms with Gasteiger partial charge in [0.05, 0.1) is 36.1 Å². The first-order valence-electron chi connectivity index (χ1n) is 8.66. The Bertz CT molecular complexity index is 914. The van der Waals surface area contributed by atoms with Crippen molar-refractivity contribution in [2.24, 2.45) is 0 Å². The first-order valence-corrected chi connectivity index (χ1v) is 8.66. The highest BCUT2D eigenvalue weighted by atomic mass is 19.1. The largest absolute Gasteiger partial charge is 0.464 e. The molecule has 0 bridgehead atoms. The van der Waals surface area contributed by atoms with E-state index in [1.807, 2.05) is 11.1 Å². The average molecular weight is 341 g/mol. The number of carbonyl (C=O) groups is 1. The van der Waals surface area contributed by atoms with Crippen LogP contribution in [0.4, 0.5) is 4.39 Å². The Hall–Kier alpha value is -2.63. The van der Waals surface area contributed by atoms with Crippen molar-refractivity contribution in [2.75, 3.05) is 6.54 Å². The fraction of sp³-hybridized carbons (Fsp3) is 0.368. The van der Waals surface area contributed by atoms with E-state index in [-0.39, 0.29) is 17.5 Å². The maximum atomic E-state index is 14.0. The molecule has 6 heteroatoms. The molecule has 1 amide bonds. The van der Waals surface area contributed by atoms with Crippen LogP contribution >= 0.6 is 0 Å². The maximum Gasteiger partial charge on any atom is 0.258 e. The van der Waals surface area contributed by atoms with Gasteiger partial charge in [-0.15, -0.1) is 0 Å². The molecule has 0 radical (unpaired) electrons. The molecule has 3 aromatic rings. The Labute approximate surface area is 145 Å². The molecule has 2 aromatic heterocycles. The zero-order valence-electron chi connectivity index (χ0n) is 14.1. The highest BCUT2D eigenvalue weighted by molar-refractivity contribution is 6.05. The van der Waals surface area contributed by atoms with Crippen LogP contribution in [0.25, 0.3) is 11.0 Å². The van der Waals surface area contributed by atoms with E-state index in [1.54, 1.807) is 12.4 Å². The zero-order valence-corrected chi connectivity index (χ0v) is 14.1. The SMILES string of the molecule is CCn1cncc1C1CCCCN1C(=O)c1cc(F)cc2ccoc12. The van der Waals surface area contributed by atoms with Gasteiger partial charge in [-0.25, -0.2) is 9.37 Å². The van der Waals surface area contributed by atoms with E-state index in [0.29, 0.717) is 17.5 Å². The number of imidazole rings is 1. The van der Waals surface area contributed by atoms with Gasteiger partial charge in [-0.05, 0) is 44.4 Å². The number of halogens is 1. The third-order valence-electron chi connectivity index (χ3n) is 4.94. The quantitative estimate of drug-likeness (QED) is 0.719. The van der Waals surface area contributed by atoms with Crippen LogP contribution in [-0.4, -0.2) is 26.9 Å². The molecular formula is C19H20FN3O2. The Balaban J connectivity index is 1.75. The number of amides is 1. The number of fused-ring (bicyclic) bond motifs is 1. The minimum absolute atomic E-state index is 0.0445. The molecule has 1 aromatic carbocycles. The van der Waals surface area contributed by atoms with Crippen LogP contribution < -0.4 is 0 Å². The fourth-order valence-electron chi connectivity index (χ4n) is 3.71. The second kappa shape index (κ2) is 6.35. The smallest absolute Gasteiger partial charge is 0.258 e. The van der Waals surface area contributed by atoms with Gasteiger partial charge in [0, 0.05) is 18.5 Å². The van der Waals surface area contributed by atoms with Crippen LogP contribution in [0.2, 0.25) is 0 Å². The van der Waals surface area contributed by atoms with Crippen molar-refractivity contribution >= 4 is 16.9 Å². The predicted octanol–water partition coefficient (Wildman–Crippen LogP) is 4.16. The lowest BCUT2D eigenvalue weighted by Crippen LogP contribution is -2.39. The third kappa shape index (κ3) is 2.71. The Morgan fingerprint density at radius 3 is 3.12 bits per heavy atom. The standard InChI is InChI=1S/C19H20FN3O2/c1-2-22-12-21-11-17(22)16-5-3-4-7-23(16)19(24)15-10-14(20)9-13-6-8-25-18(13)15/h6,8-12,16H,2-5,7H2,1H3. The molecule has 0 aliphatic carbocycles. The van der Waals surface area contributed by atoms with Crippen LogP contribution in [-0.2, 0) is 6.54 Å². The number of benzene rings is 1. The normalized spacial score (nSPS) is 18.0. The molecule has 1 saturated heterocycles. The first-order chi connectivity index (χ1) is 12.2. The highest BCUT2D eigenvalue weighted by Gasteiger charge is 2.32. The molecule has 5 nitrogen and oxygen atoms in total. The second-order valence-electron chi connectivity index (χ2n) is 6.41. The lowest BCUT2D eigenvalue weighted by molar-refractivity contribution is 0.0602. The summed E-state index contributed by atoms with van der Waals surface area (Å²) in [6, 6.07) is 4.29. The Morgan fingerprint density at radius 2 is 2.28 bits per heavy atom. The Kier molecular flexibility index (Phi) is 4.03. The number of hydrogen-bond donors (Lipinski definition) is 0.